The molecule has 138 valence electrons. The highest BCUT2D eigenvalue weighted by Crippen LogP contribution is 2.26. The SMILES string of the molecule is Cc1cccc(-c2nc3ccc(NC(=O)/C=C/c4ccc(F)cc4)cc3o2)c1. The normalized spacial score (nSPS) is 11.2. The van der Waals surface area contributed by atoms with Crippen molar-refractivity contribution in [3.05, 3.63) is 89.8 Å². The van der Waals surface area contributed by atoms with Gasteiger partial charge in [-0.15, -0.1) is 0 Å². The molecule has 1 amide bonds. The van der Waals surface area contributed by atoms with E-state index in [2.05, 4.69) is 10.3 Å². The van der Waals surface area contributed by atoms with Gasteiger partial charge in [-0.25, -0.2) is 9.37 Å². The third-order valence-electron chi connectivity index (χ3n) is 4.22. The number of benzene rings is 3. The van der Waals surface area contributed by atoms with Crippen molar-refractivity contribution in [3.8, 4) is 11.5 Å². The lowest BCUT2D eigenvalue weighted by Crippen LogP contribution is -2.07. The van der Waals surface area contributed by atoms with Crippen molar-refractivity contribution in [1.82, 2.24) is 4.98 Å². The van der Waals surface area contributed by atoms with Crippen molar-refractivity contribution in [2.24, 2.45) is 0 Å². The zero-order chi connectivity index (χ0) is 19.5. The number of rotatable bonds is 4. The molecule has 4 nitrogen and oxygen atoms in total. The van der Waals surface area contributed by atoms with E-state index in [0.717, 1.165) is 22.2 Å². The monoisotopic (exact) mass is 372 g/mol. The van der Waals surface area contributed by atoms with E-state index >= 15 is 0 Å². The van der Waals surface area contributed by atoms with E-state index in [1.807, 2.05) is 31.2 Å². The Balaban J connectivity index is 1.51. The number of aromatic nitrogens is 1. The van der Waals surface area contributed by atoms with Crippen LogP contribution in [-0.4, -0.2) is 10.9 Å². The number of amides is 1. The largest absolute Gasteiger partial charge is 0.436 e. The van der Waals surface area contributed by atoms with Crippen molar-refractivity contribution in [2.75, 3.05) is 5.32 Å². The smallest absolute Gasteiger partial charge is 0.248 e. The molecule has 4 aromatic rings. The molecule has 3 aromatic carbocycles. The molecule has 0 spiro atoms. The molecule has 0 saturated carbocycles. The van der Waals surface area contributed by atoms with Crippen LogP contribution >= 0.6 is 0 Å². The first-order valence-electron chi connectivity index (χ1n) is 8.79. The highest BCUT2D eigenvalue weighted by Gasteiger charge is 2.09. The van der Waals surface area contributed by atoms with Crippen LogP contribution in [0.15, 0.2) is 77.2 Å². The second-order valence-electron chi connectivity index (χ2n) is 6.45. The minimum absolute atomic E-state index is 0.290. The molecule has 0 aliphatic heterocycles. The van der Waals surface area contributed by atoms with E-state index in [9.17, 15) is 9.18 Å². The summed E-state index contributed by atoms with van der Waals surface area (Å²) in [6.07, 6.45) is 3.02. The summed E-state index contributed by atoms with van der Waals surface area (Å²) in [6, 6.07) is 19.1. The number of hydrogen-bond donors (Lipinski definition) is 1. The molecule has 4 rings (SSSR count). The van der Waals surface area contributed by atoms with E-state index in [0.29, 0.717) is 17.2 Å². The number of anilines is 1. The molecule has 5 heteroatoms. The first-order chi connectivity index (χ1) is 13.6. The summed E-state index contributed by atoms with van der Waals surface area (Å²) in [6.45, 7) is 2.01. The topological polar surface area (TPSA) is 55.1 Å². The summed E-state index contributed by atoms with van der Waals surface area (Å²) in [7, 11) is 0. The molecule has 0 aliphatic rings. The summed E-state index contributed by atoms with van der Waals surface area (Å²) in [5.74, 6) is -0.0625. The number of hydrogen-bond acceptors (Lipinski definition) is 3. The van der Waals surface area contributed by atoms with Crippen molar-refractivity contribution in [1.29, 1.82) is 0 Å². The Labute approximate surface area is 161 Å². The number of oxazole rings is 1. The lowest BCUT2D eigenvalue weighted by Gasteiger charge is -2.01. The minimum Gasteiger partial charge on any atom is -0.436 e. The fourth-order valence-corrected chi connectivity index (χ4v) is 2.83. The van der Waals surface area contributed by atoms with Gasteiger partial charge in [-0.2, -0.15) is 0 Å². The summed E-state index contributed by atoms with van der Waals surface area (Å²) < 4.78 is 18.8. The molecule has 0 atom stereocenters. The van der Waals surface area contributed by atoms with Gasteiger partial charge in [-0.3, -0.25) is 4.79 Å². The maximum absolute atomic E-state index is 12.9. The fraction of sp³-hybridized carbons (Fsp3) is 0.0435. The van der Waals surface area contributed by atoms with Crippen molar-refractivity contribution < 1.29 is 13.6 Å². The maximum atomic E-state index is 12.9. The summed E-state index contributed by atoms with van der Waals surface area (Å²) in [4.78, 5) is 16.6. The molecular formula is C23H17FN2O2. The standard InChI is InChI=1S/C23H17FN2O2/c1-15-3-2-4-17(13-15)23-26-20-11-10-19(14-21(20)28-23)25-22(27)12-7-16-5-8-18(24)9-6-16/h2-14H,1H3,(H,25,27)/b12-7+. The molecule has 0 fully saturated rings. The highest BCUT2D eigenvalue weighted by atomic mass is 19.1. The van der Waals surface area contributed by atoms with E-state index in [1.54, 1.807) is 36.4 Å². The molecule has 28 heavy (non-hydrogen) atoms. The Hall–Kier alpha value is -3.73. The number of nitrogens with one attached hydrogen (secondary N) is 1. The van der Waals surface area contributed by atoms with Gasteiger partial charge in [0.15, 0.2) is 5.58 Å². The number of carbonyl (C=O) groups excluding carboxylic acids is 1. The molecule has 0 aliphatic carbocycles. The lowest BCUT2D eigenvalue weighted by molar-refractivity contribution is -0.111. The predicted molar refractivity (Wildman–Crippen MR) is 108 cm³/mol. The van der Waals surface area contributed by atoms with E-state index in [4.69, 9.17) is 4.42 Å². The van der Waals surface area contributed by atoms with Gasteiger partial charge in [0.05, 0.1) is 0 Å². The van der Waals surface area contributed by atoms with Crippen LogP contribution in [0.3, 0.4) is 0 Å². The second kappa shape index (κ2) is 7.48. The maximum Gasteiger partial charge on any atom is 0.248 e. The fourth-order valence-electron chi connectivity index (χ4n) is 2.83. The lowest BCUT2D eigenvalue weighted by atomic mass is 10.1. The van der Waals surface area contributed by atoms with Crippen LogP contribution in [0.2, 0.25) is 0 Å². The van der Waals surface area contributed by atoms with Crippen LogP contribution in [0.25, 0.3) is 28.6 Å². The molecular weight excluding hydrogens is 355 g/mol. The molecule has 1 N–H and O–H groups in total. The molecule has 0 radical (unpaired) electrons. The van der Waals surface area contributed by atoms with Crippen molar-refractivity contribution in [2.45, 2.75) is 6.92 Å². The first kappa shape index (κ1) is 17.7. The van der Waals surface area contributed by atoms with Crippen LogP contribution in [0, 0.1) is 12.7 Å². The number of halogens is 1. The summed E-state index contributed by atoms with van der Waals surface area (Å²) in [5, 5.41) is 2.79. The zero-order valence-electron chi connectivity index (χ0n) is 15.1. The average Bonchev–Trinajstić information content (AvgIpc) is 3.11. The van der Waals surface area contributed by atoms with Gasteiger partial charge in [0.2, 0.25) is 11.8 Å². The van der Waals surface area contributed by atoms with Gasteiger partial charge < -0.3 is 9.73 Å². The van der Waals surface area contributed by atoms with Crippen LogP contribution in [0.1, 0.15) is 11.1 Å². The quantitative estimate of drug-likeness (QED) is 0.475. The Bertz CT molecular complexity index is 1180. The van der Waals surface area contributed by atoms with Crippen LogP contribution in [-0.2, 0) is 4.79 Å². The Morgan fingerprint density at radius 1 is 1.07 bits per heavy atom. The van der Waals surface area contributed by atoms with Gasteiger partial charge in [-0.05, 0) is 55.0 Å². The number of carbonyl (C=O) groups is 1. The van der Waals surface area contributed by atoms with Crippen LogP contribution in [0.5, 0.6) is 0 Å². The minimum atomic E-state index is -0.313. The van der Waals surface area contributed by atoms with Crippen molar-refractivity contribution >= 4 is 28.8 Å². The van der Waals surface area contributed by atoms with Gasteiger partial charge in [0, 0.05) is 23.4 Å². The number of fused-ring (bicyclic) bond motifs is 1. The van der Waals surface area contributed by atoms with E-state index in [1.165, 1.54) is 18.2 Å². The van der Waals surface area contributed by atoms with Crippen LogP contribution in [0.4, 0.5) is 10.1 Å². The van der Waals surface area contributed by atoms with Crippen LogP contribution < -0.4 is 5.32 Å². The molecule has 0 saturated heterocycles. The molecule has 1 aromatic heterocycles. The summed E-state index contributed by atoms with van der Waals surface area (Å²) in [5.41, 5.74) is 4.69. The molecule has 1 heterocycles. The molecule has 0 bridgehead atoms. The predicted octanol–water partition coefficient (Wildman–Crippen LogP) is 5.59. The van der Waals surface area contributed by atoms with E-state index < -0.39 is 0 Å². The Morgan fingerprint density at radius 3 is 2.68 bits per heavy atom. The third-order valence-corrected chi connectivity index (χ3v) is 4.22. The zero-order valence-corrected chi connectivity index (χ0v) is 15.1. The summed E-state index contributed by atoms with van der Waals surface area (Å²) >= 11 is 0. The number of nitrogens with zero attached hydrogens (tertiary/aromatic N) is 1. The van der Waals surface area contributed by atoms with Gasteiger partial charge in [0.1, 0.15) is 11.3 Å². The third kappa shape index (κ3) is 3.99. The van der Waals surface area contributed by atoms with Gasteiger partial charge in [0.25, 0.3) is 0 Å². The Kier molecular flexibility index (Phi) is 4.72. The Morgan fingerprint density at radius 2 is 1.89 bits per heavy atom. The van der Waals surface area contributed by atoms with Gasteiger partial charge >= 0.3 is 0 Å². The van der Waals surface area contributed by atoms with E-state index in [-0.39, 0.29) is 11.7 Å². The number of aryl methyl sites for hydroxylation is 1. The second-order valence-corrected chi connectivity index (χ2v) is 6.45. The highest BCUT2D eigenvalue weighted by molar-refractivity contribution is 6.02. The molecule has 0 unspecified atom stereocenters. The van der Waals surface area contributed by atoms with Gasteiger partial charge in [-0.1, -0.05) is 29.8 Å². The first-order valence-corrected chi connectivity index (χ1v) is 8.79. The average molecular weight is 372 g/mol. The van der Waals surface area contributed by atoms with Crippen molar-refractivity contribution in [3.63, 3.8) is 0 Å².